The molecule has 0 aliphatic carbocycles. The first-order chi connectivity index (χ1) is 21.8. The zero-order valence-corrected chi connectivity index (χ0v) is 21.8. The minimum Gasteiger partial charge on any atom is -0.322 e. The molecule has 0 atom stereocenters. The zero-order valence-electron chi connectivity index (χ0n) is 21.8. The van der Waals surface area contributed by atoms with Gasteiger partial charge in [0.05, 0.1) is 0 Å². The van der Waals surface area contributed by atoms with E-state index in [2.05, 4.69) is 0 Å². The second-order valence-corrected chi connectivity index (χ2v) is 8.86. The third-order valence-electron chi connectivity index (χ3n) is 5.26. The number of alkyl halides is 33. The number of hydrogen-bond acceptors (Lipinski definition) is 3. The third kappa shape index (κ3) is 7.12. The Morgan fingerprint density at radius 2 is 0.327 bits per heavy atom. The molecule has 0 bridgehead atoms. The Kier molecular flexibility index (Phi) is 12.0. The van der Waals surface area contributed by atoms with Crippen LogP contribution in [0.1, 0.15) is 0 Å². The van der Waals surface area contributed by atoms with E-state index in [1.807, 2.05) is 0 Å². The van der Waals surface area contributed by atoms with Crippen LogP contribution in [0.4, 0.5) is 145 Å². The molecule has 0 saturated heterocycles. The summed E-state index contributed by atoms with van der Waals surface area (Å²) in [6.45, 7) is 0. The lowest BCUT2D eigenvalue weighted by Crippen LogP contribution is -2.70. The summed E-state index contributed by atoms with van der Waals surface area (Å²) in [7, 11) is -7.19. The van der Waals surface area contributed by atoms with Crippen molar-refractivity contribution in [3.63, 3.8) is 0 Å². The van der Waals surface area contributed by atoms with Gasteiger partial charge in [-0.15, -0.1) is 0 Å². The lowest BCUT2D eigenvalue weighted by Gasteiger charge is -2.40. The molecule has 0 aliphatic heterocycles. The van der Waals surface area contributed by atoms with E-state index < -0.39 is 97.5 Å². The Morgan fingerprint density at radius 1 is 0.192 bits per heavy atom. The van der Waals surface area contributed by atoms with Crippen LogP contribution in [0.2, 0.25) is 0 Å². The Labute approximate surface area is 258 Å². The first-order valence-corrected chi connectivity index (χ1v) is 10.6. The van der Waals surface area contributed by atoms with Crippen LogP contribution in [0.25, 0.3) is 0 Å². The summed E-state index contributed by atoms with van der Waals surface area (Å²) in [6.07, 6.45) is -51.4. The van der Waals surface area contributed by atoms with Crippen molar-refractivity contribution in [2.24, 2.45) is 0 Å². The lowest BCUT2D eigenvalue weighted by molar-refractivity contribution is -0.467. The van der Waals surface area contributed by atoms with Crippen LogP contribution >= 0.6 is 0 Å². The molecule has 0 aromatic rings. The maximum atomic E-state index is 13.8. The van der Waals surface area contributed by atoms with Crippen molar-refractivity contribution >= 4 is 7.32 Å². The molecule has 52 heavy (non-hydrogen) atoms. The Hall–Kier alpha value is -2.37. The highest BCUT2D eigenvalue weighted by Gasteiger charge is 2.92. The molecule has 0 N–H and O–H groups in total. The van der Waals surface area contributed by atoms with Crippen LogP contribution in [0.5, 0.6) is 0 Å². The summed E-state index contributed by atoms with van der Waals surface area (Å²) in [4.78, 5) is 0. The van der Waals surface area contributed by atoms with Gasteiger partial charge in [-0.1, -0.05) is 0 Å². The van der Waals surface area contributed by atoms with Crippen molar-refractivity contribution in [3.8, 4) is 0 Å². The highest BCUT2D eigenvalue weighted by Crippen LogP contribution is 2.61. The summed E-state index contributed by atoms with van der Waals surface area (Å²) in [6, 6.07) is 0. The number of hydrogen-bond donors (Lipinski definition) is 0. The van der Waals surface area contributed by atoms with Gasteiger partial charge in [-0.05, 0) is 0 Å². The van der Waals surface area contributed by atoms with E-state index >= 15 is 0 Å². The van der Waals surface area contributed by atoms with Gasteiger partial charge in [0.25, 0.3) is 0 Å². The fourth-order valence-corrected chi connectivity index (χ4v) is 2.33. The molecular formula is C15BF33O3. The molecule has 0 saturated carbocycles. The Bertz CT molecular complexity index is 1100. The zero-order chi connectivity index (χ0) is 43.2. The van der Waals surface area contributed by atoms with E-state index in [0.29, 0.717) is 0 Å². The highest BCUT2D eigenvalue weighted by molar-refractivity contribution is 6.36. The maximum absolute atomic E-state index is 13.8. The summed E-state index contributed by atoms with van der Waals surface area (Å²) in [5, 5.41) is 0. The molecule has 0 amide bonds. The van der Waals surface area contributed by atoms with Crippen LogP contribution in [0.15, 0.2) is 0 Å². The van der Waals surface area contributed by atoms with Crippen LogP contribution in [-0.4, -0.2) is 97.5 Å². The molecular weight excluding hydrogens is 866 g/mol. The largest absolute Gasteiger partial charge is 0.652 e. The maximum Gasteiger partial charge on any atom is 0.652 e. The average molecular weight is 866 g/mol. The van der Waals surface area contributed by atoms with Crippen LogP contribution in [0.3, 0.4) is 0 Å². The topological polar surface area (TPSA) is 27.7 Å². The van der Waals surface area contributed by atoms with Crippen molar-refractivity contribution in [2.45, 2.75) is 90.2 Å². The van der Waals surface area contributed by atoms with Gasteiger partial charge in [-0.2, -0.15) is 145 Å². The van der Waals surface area contributed by atoms with Gasteiger partial charge in [0.1, 0.15) is 0 Å². The monoisotopic (exact) mass is 866 g/mol. The van der Waals surface area contributed by atoms with Gasteiger partial charge >= 0.3 is 97.5 Å². The van der Waals surface area contributed by atoms with Gasteiger partial charge in [0.15, 0.2) is 0 Å². The standard InChI is InChI=1S/C15BF33O3/c17-1(18,4(23,24)10(35,36)37)7(29,30)13(44,45)50-16(51-14(46,47)8(31,32)2(19,20)5(25,26)11(38,39)40)52-15(48,49)9(33,34)3(21,22)6(27,28)12(41,42)43. The van der Waals surface area contributed by atoms with Crippen molar-refractivity contribution in [2.75, 3.05) is 0 Å². The SMILES string of the molecule is FC(F)(F)C(F)(F)C(F)(F)C(F)(F)C(F)(F)OB(OC(F)(F)C(F)(F)C(F)(F)C(F)(F)C(F)(F)F)OC(F)(F)C(F)(F)C(F)(F)C(F)(F)C(F)(F)F. The molecule has 0 aromatic carbocycles. The smallest absolute Gasteiger partial charge is 0.322 e. The third-order valence-corrected chi connectivity index (χ3v) is 5.26. The first-order valence-electron chi connectivity index (χ1n) is 10.6. The van der Waals surface area contributed by atoms with Crippen molar-refractivity contribution in [1.29, 1.82) is 0 Å². The molecule has 0 radical (unpaired) electrons. The average Bonchev–Trinajstić information content (AvgIpc) is 2.84. The van der Waals surface area contributed by atoms with E-state index in [4.69, 9.17) is 0 Å². The molecule has 0 heterocycles. The summed E-state index contributed by atoms with van der Waals surface area (Å²) >= 11 is 0. The lowest BCUT2D eigenvalue weighted by atomic mass is 10.0. The van der Waals surface area contributed by atoms with Crippen LogP contribution in [-0.2, 0) is 14.0 Å². The predicted octanol–water partition coefficient (Wildman–Crippen LogP) is 10.2. The summed E-state index contributed by atoms with van der Waals surface area (Å²) in [5.41, 5.74) is 0. The van der Waals surface area contributed by atoms with Gasteiger partial charge < -0.3 is 14.0 Å². The van der Waals surface area contributed by atoms with E-state index in [9.17, 15) is 145 Å². The van der Waals surface area contributed by atoms with Crippen LogP contribution in [0, 0.1) is 0 Å². The Morgan fingerprint density at radius 3 is 0.442 bits per heavy atom. The first kappa shape index (κ1) is 49.6. The summed E-state index contributed by atoms with van der Waals surface area (Å²) in [5.74, 6) is -80.6. The molecule has 0 unspecified atom stereocenters. The predicted molar refractivity (Wildman–Crippen MR) is 86.5 cm³/mol. The van der Waals surface area contributed by atoms with Gasteiger partial charge in [0.2, 0.25) is 0 Å². The van der Waals surface area contributed by atoms with Gasteiger partial charge in [0, 0.05) is 0 Å². The van der Waals surface area contributed by atoms with E-state index in [1.165, 1.54) is 14.0 Å². The molecule has 0 fully saturated rings. The highest BCUT2D eigenvalue weighted by atomic mass is 19.5. The summed E-state index contributed by atoms with van der Waals surface area (Å²) < 4.78 is 434. The second kappa shape index (κ2) is 12.6. The quantitative estimate of drug-likeness (QED) is 0.121. The Balaban J connectivity index is 7.75. The second-order valence-electron chi connectivity index (χ2n) is 8.86. The van der Waals surface area contributed by atoms with Crippen molar-refractivity contribution in [1.82, 2.24) is 0 Å². The fraction of sp³-hybridized carbons (Fsp3) is 1.00. The normalized spacial score (nSPS) is 16.8. The van der Waals surface area contributed by atoms with Gasteiger partial charge in [-0.25, -0.2) is 0 Å². The molecule has 0 aliphatic rings. The van der Waals surface area contributed by atoms with E-state index in [0.717, 1.165) is 0 Å². The molecule has 3 nitrogen and oxygen atoms in total. The van der Waals surface area contributed by atoms with Crippen molar-refractivity contribution < 1.29 is 159 Å². The molecule has 0 aromatic heterocycles. The van der Waals surface area contributed by atoms with Crippen molar-refractivity contribution in [3.05, 3.63) is 0 Å². The van der Waals surface area contributed by atoms with E-state index in [-0.39, 0.29) is 0 Å². The van der Waals surface area contributed by atoms with Gasteiger partial charge in [-0.3, -0.25) is 0 Å². The molecule has 0 rings (SSSR count). The number of rotatable bonds is 15. The van der Waals surface area contributed by atoms with Crippen LogP contribution < -0.4 is 0 Å². The fourth-order valence-electron chi connectivity index (χ4n) is 2.33. The molecule has 0 spiro atoms. The minimum atomic E-state index is -9.12. The van der Waals surface area contributed by atoms with E-state index in [1.54, 1.807) is 0 Å². The molecule has 312 valence electrons. The molecule has 37 heteroatoms. The minimum absolute atomic E-state index is 1.25. The number of halogens is 33.